The number of rotatable bonds is 11. The summed E-state index contributed by atoms with van der Waals surface area (Å²) in [5.74, 6) is 0. The van der Waals surface area contributed by atoms with Crippen molar-refractivity contribution < 1.29 is 0 Å². The summed E-state index contributed by atoms with van der Waals surface area (Å²) in [6.07, 6.45) is 4.55. The molecule has 0 fully saturated rings. The SMILES string of the molecule is CCCCn1c2ccccc2c2c3c4ccccc4n(Cc4ccc5ccccc5c4-c4c(Cn5c6ccccc6c6c7c8ccccc8n(CCCC)c7c7ccccc7c65)ccc5ccccc45)c3c3ccccc3c21. The fraction of sp³-hybridized carbons (Fsp3) is 0.135. The van der Waals surface area contributed by atoms with Gasteiger partial charge >= 0.3 is 0 Å². The molecule has 0 aliphatic carbocycles. The van der Waals surface area contributed by atoms with Crippen molar-refractivity contribution in [3.63, 3.8) is 0 Å². The van der Waals surface area contributed by atoms with Gasteiger partial charge in [-0.1, -0.05) is 221 Å². The molecule has 4 aromatic heterocycles. The van der Waals surface area contributed by atoms with Crippen LogP contribution >= 0.6 is 0 Å². The van der Waals surface area contributed by atoms with Gasteiger partial charge in [-0.3, -0.25) is 0 Å². The van der Waals surface area contributed by atoms with Crippen molar-refractivity contribution in [3.05, 3.63) is 230 Å². The second-order valence-electron chi connectivity index (χ2n) is 21.9. The second kappa shape index (κ2) is 17.7. The highest BCUT2D eigenvalue weighted by Gasteiger charge is 2.27. The predicted octanol–water partition coefficient (Wildman–Crippen LogP) is 20.1. The van der Waals surface area contributed by atoms with Crippen LogP contribution in [0, 0.1) is 0 Å². The van der Waals surface area contributed by atoms with Gasteiger partial charge in [-0.25, -0.2) is 0 Å². The molecule has 0 radical (unpaired) electrons. The van der Waals surface area contributed by atoms with Gasteiger partial charge in [0.2, 0.25) is 0 Å². The van der Waals surface area contributed by atoms with Crippen molar-refractivity contribution in [2.45, 2.75) is 65.7 Å². The molecular weight excluding hydrogens is 945 g/mol. The van der Waals surface area contributed by atoms with E-state index in [0.29, 0.717) is 13.1 Å². The van der Waals surface area contributed by atoms with Crippen molar-refractivity contribution in [2.75, 3.05) is 0 Å². The van der Waals surface area contributed by atoms with E-state index in [1.807, 2.05) is 0 Å². The Balaban J connectivity index is 0.988. The molecule has 0 spiro atoms. The largest absolute Gasteiger partial charge is 0.340 e. The summed E-state index contributed by atoms with van der Waals surface area (Å²) in [7, 11) is 0. The Morgan fingerprint density at radius 3 is 0.859 bits per heavy atom. The molecule has 0 bridgehead atoms. The van der Waals surface area contributed by atoms with Crippen molar-refractivity contribution in [1.82, 2.24) is 18.3 Å². The average molecular weight is 1000 g/mol. The van der Waals surface area contributed by atoms with Crippen molar-refractivity contribution in [2.24, 2.45) is 0 Å². The molecule has 12 aromatic carbocycles. The fourth-order valence-electron chi connectivity index (χ4n) is 14.4. The van der Waals surface area contributed by atoms with Gasteiger partial charge in [0.1, 0.15) is 0 Å². The van der Waals surface area contributed by atoms with E-state index >= 15 is 0 Å². The molecule has 4 heterocycles. The van der Waals surface area contributed by atoms with Crippen LogP contribution in [0.2, 0.25) is 0 Å². The third-order valence-electron chi connectivity index (χ3n) is 17.7. The maximum Gasteiger partial charge on any atom is 0.0582 e. The molecule has 0 atom stereocenters. The molecule has 0 saturated carbocycles. The van der Waals surface area contributed by atoms with Crippen LogP contribution < -0.4 is 0 Å². The molecule has 4 nitrogen and oxygen atoms in total. The summed E-state index contributed by atoms with van der Waals surface area (Å²) >= 11 is 0. The topological polar surface area (TPSA) is 19.7 Å². The number of fused-ring (bicyclic) bond motifs is 22. The second-order valence-corrected chi connectivity index (χ2v) is 21.9. The van der Waals surface area contributed by atoms with Crippen molar-refractivity contribution in [3.8, 4) is 11.1 Å². The quantitative estimate of drug-likeness (QED) is 0.123. The lowest BCUT2D eigenvalue weighted by molar-refractivity contribution is 0.666. The van der Waals surface area contributed by atoms with Gasteiger partial charge in [0.25, 0.3) is 0 Å². The van der Waals surface area contributed by atoms with E-state index < -0.39 is 0 Å². The Hall–Kier alpha value is -9.12. The molecule has 78 heavy (non-hydrogen) atoms. The van der Waals surface area contributed by atoms with Crippen molar-refractivity contribution in [1.29, 1.82) is 0 Å². The summed E-state index contributed by atoms with van der Waals surface area (Å²) in [5, 5.41) is 20.9. The van der Waals surface area contributed by atoms with E-state index in [9.17, 15) is 0 Å². The van der Waals surface area contributed by atoms with Gasteiger partial charge in [-0.05, 0) is 80.9 Å². The predicted molar refractivity (Wildman–Crippen MR) is 335 cm³/mol. The normalized spacial score (nSPS) is 12.4. The Kier molecular flexibility index (Phi) is 10.3. The monoisotopic (exact) mass is 1000 g/mol. The van der Waals surface area contributed by atoms with Crippen LogP contribution in [0.1, 0.15) is 50.7 Å². The Labute approximate surface area is 452 Å². The minimum absolute atomic E-state index is 0.691. The van der Waals surface area contributed by atoms with Crippen LogP contribution in [0.25, 0.3) is 141 Å². The number of para-hydroxylation sites is 4. The molecule has 4 heteroatoms. The standard InChI is InChI=1S/C74H58N4/c1-3-5-43-75-61-35-19-15-31-57(61)67-69-59-33-17-21-37-63(59)77(73(69)55-29-13-11-27-53(55)71(67)75)45-49-41-39-47-23-7-9-25-51(47)65(49)66-50(42-40-48-24-8-10-26-52(48)66)46-78-64-38-22-18-34-60(64)70-68-58-32-16-20-36-62(58)76(44-6-4-2)72(68)54-28-12-14-30-56(54)74(70)78/h7-42H,3-6,43-46H2,1-2H3. The molecule has 16 rings (SSSR count). The highest BCUT2D eigenvalue weighted by Crippen LogP contribution is 2.49. The number of nitrogens with zero attached hydrogens (tertiary/aromatic N) is 4. The Bertz CT molecular complexity index is 4810. The number of hydrogen-bond acceptors (Lipinski definition) is 0. The van der Waals surface area contributed by atoms with Crippen LogP contribution in [0.15, 0.2) is 218 Å². The molecule has 0 amide bonds. The van der Waals surface area contributed by atoms with Gasteiger partial charge in [0.05, 0.1) is 22.1 Å². The van der Waals surface area contributed by atoms with Crippen LogP contribution in [-0.2, 0) is 26.2 Å². The average Bonchev–Trinajstić information content (AvgIpc) is 3.52. The van der Waals surface area contributed by atoms with E-state index in [1.54, 1.807) is 0 Å². The number of unbranched alkanes of at least 4 members (excludes halogenated alkanes) is 2. The Morgan fingerprint density at radius 2 is 0.526 bits per heavy atom. The van der Waals surface area contributed by atoms with E-state index in [-0.39, 0.29) is 0 Å². The molecule has 374 valence electrons. The van der Waals surface area contributed by atoms with Crippen molar-refractivity contribution >= 4 is 130 Å². The van der Waals surface area contributed by atoms with E-state index in [2.05, 4.69) is 251 Å². The molecule has 0 saturated heterocycles. The summed E-state index contributed by atoms with van der Waals surface area (Å²) in [5.41, 5.74) is 15.7. The first-order chi connectivity index (χ1) is 38.7. The lowest BCUT2D eigenvalue weighted by Crippen LogP contribution is -2.06. The van der Waals surface area contributed by atoms with E-state index in [0.717, 1.165) is 38.8 Å². The number of aromatic nitrogens is 4. The third kappa shape index (κ3) is 6.41. The van der Waals surface area contributed by atoms with Gasteiger partial charge in [-0.15, -0.1) is 0 Å². The zero-order chi connectivity index (χ0) is 51.6. The lowest BCUT2D eigenvalue weighted by Gasteiger charge is -2.22. The maximum absolute atomic E-state index is 2.67. The minimum Gasteiger partial charge on any atom is -0.340 e. The number of benzene rings is 12. The molecule has 0 aliphatic rings. The fourth-order valence-corrected chi connectivity index (χ4v) is 14.4. The summed E-state index contributed by atoms with van der Waals surface area (Å²) in [6, 6.07) is 83.0. The highest BCUT2D eigenvalue weighted by molar-refractivity contribution is 6.38. The first-order valence-corrected chi connectivity index (χ1v) is 28.4. The molecule has 16 aromatic rings. The van der Waals surface area contributed by atoms with Crippen LogP contribution in [0.4, 0.5) is 0 Å². The van der Waals surface area contributed by atoms with Crippen LogP contribution in [-0.4, -0.2) is 18.3 Å². The zero-order valence-electron chi connectivity index (χ0n) is 44.2. The maximum atomic E-state index is 2.67. The van der Waals surface area contributed by atoms with Crippen LogP contribution in [0.3, 0.4) is 0 Å². The lowest BCUT2D eigenvalue weighted by atomic mass is 9.86. The third-order valence-corrected chi connectivity index (χ3v) is 17.7. The number of hydrogen-bond donors (Lipinski definition) is 0. The summed E-state index contributed by atoms with van der Waals surface area (Å²) < 4.78 is 10.6. The molecular formula is C74H58N4. The summed E-state index contributed by atoms with van der Waals surface area (Å²) in [6.45, 7) is 7.96. The molecule has 0 N–H and O–H groups in total. The first-order valence-electron chi connectivity index (χ1n) is 28.4. The van der Waals surface area contributed by atoms with Gasteiger partial charge in [0, 0.05) is 113 Å². The number of aryl methyl sites for hydroxylation is 2. The van der Waals surface area contributed by atoms with E-state index in [4.69, 9.17) is 0 Å². The zero-order valence-corrected chi connectivity index (χ0v) is 44.2. The van der Waals surface area contributed by atoms with Gasteiger partial charge in [0.15, 0.2) is 0 Å². The highest BCUT2D eigenvalue weighted by atomic mass is 15.0. The van der Waals surface area contributed by atoms with Gasteiger partial charge < -0.3 is 18.3 Å². The first kappa shape index (κ1) is 45.1. The van der Waals surface area contributed by atoms with E-state index in [1.165, 1.54) is 153 Å². The molecule has 0 aliphatic heterocycles. The summed E-state index contributed by atoms with van der Waals surface area (Å²) in [4.78, 5) is 0. The minimum atomic E-state index is 0.691. The smallest absolute Gasteiger partial charge is 0.0582 e. The van der Waals surface area contributed by atoms with Crippen LogP contribution in [0.5, 0.6) is 0 Å². The van der Waals surface area contributed by atoms with Gasteiger partial charge in [-0.2, -0.15) is 0 Å². The molecule has 0 unspecified atom stereocenters. The Morgan fingerprint density at radius 1 is 0.256 bits per heavy atom.